The van der Waals surface area contributed by atoms with Crippen LogP contribution in [0.3, 0.4) is 0 Å². The lowest BCUT2D eigenvalue weighted by Crippen LogP contribution is -2.50. The summed E-state index contributed by atoms with van der Waals surface area (Å²) in [6.45, 7) is -4.79. The van der Waals surface area contributed by atoms with Crippen LogP contribution in [0.15, 0.2) is 28.8 Å². The number of urea groups is 1. The van der Waals surface area contributed by atoms with Gasteiger partial charge in [0.1, 0.15) is 35.3 Å². The quantitative estimate of drug-likeness (QED) is 0.455. The van der Waals surface area contributed by atoms with Gasteiger partial charge in [0.25, 0.3) is 5.92 Å². The fraction of sp³-hybridized carbons (Fsp3) is 0.333. The van der Waals surface area contributed by atoms with E-state index < -0.39 is 99.5 Å². The fourth-order valence-corrected chi connectivity index (χ4v) is 5.41. The predicted octanol–water partition coefficient (Wildman–Crippen LogP) is 3.69. The van der Waals surface area contributed by atoms with Crippen LogP contribution in [0.5, 0.6) is 5.75 Å². The summed E-state index contributed by atoms with van der Waals surface area (Å²) >= 11 is 0. The molecule has 17 heteroatoms. The van der Waals surface area contributed by atoms with Crippen LogP contribution in [-0.2, 0) is 10.0 Å². The van der Waals surface area contributed by atoms with Crippen LogP contribution in [0.2, 0.25) is 0 Å². The fourth-order valence-electron chi connectivity index (χ4n) is 4.66. The van der Waals surface area contributed by atoms with Crippen molar-refractivity contribution in [3.63, 3.8) is 0 Å². The zero-order valence-electron chi connectivity index (χ0n) is 18.9. The molecule has 0 bridgehead atoms. The molecule has 2 aromatic carbocycles. The topological polar surface area (TPSA) is 105 Å². The van der Waals surface area contributed by atoms with Crippen molar-refractivity contribution in [2.45, 2.75) is 24.6 Å². The first-order valence-corrected chi connectivity index (χ1v) is 12.5. The summed E-state index contributed by atoms with van der Waals surface area (Å²) in [5.74, 6) is -8.99. The molecule has 2 atom stereocenters. The lowest BCUT2D eigenvalue weighted by molar-refractivity contribution is -0.0497. The first kappa shape index (κ1) is 26.0. The molecule has 2 saturated heterocycles. The normalized spacial score (nSPS) is 21.1. The SMILES string of the molecule is CS(=O)(=O)N[C@@H]1CN2C(=O)N(c3noc4cc(OC(F)F)cc(-c5c(F)cc(F)cc5F)c34)C[C@@H]2C1(F)F. The Balaban J connectivity index is 1.62. The van der Waals surface area contributed by atoms with E-state index in [-0.39, 0.29) is 5.39 Å². The maximum atomic E-state index is 15.0. The van der Waals surface area contributed by atoms with Crippen LogP contribution in [0.1, 0.15) is 0 Å². The van der Waals surface area contributed by atoms with Gasteiger partial charge in [-0.15, -0.1) is 0 Å². The van der Waals surface area contributed by atoms with E-state index in [1.165, 1.54) is 0 Å². The van der Waals surface area contributed by atoms with Gasteiger partial charge in [-0.2, -0.15) is 8.78 Å². The Morgan fingerprint density at radius 2 is 1.79 bits per heavy atom. The molecule has 2 fully saturated rings. The van der Waals surface area contributed by atoms with Gasteiger partial charge < -0.3 is 14.2 Å². The van der Waals surface area contributed by atoms with E-state index in [0.717, 1.165) is 17.0 Å². The van der Waals surface area contributed by atoms with Crippen LogP contribution < -0.4 is 14.4 Å². The second-order valence-corrected chi connectivity index (χ2v) is 10.4. The van der Waals surface area contributed by atoms with Gasteiger partial charge in [0.15, 0.2) is 11.4 Å². The predicted molar refractivity (Wildman–Crippen MR) is 116 cm³/mol. The number of carbonyl (C=O) groups is 1. The summed E-state index contributed by atoms with van der Waals surface area (Å²) in [5, 5.41) is 3.32. The molecule has 5 rings (SSSR count). The minimum Gasteiger partial charge on any atom is -0.435 e. The molecule has 2 aliphatic heterocycles. The number of anilines is 1. The minimum atomic E-state index is -4.04. The highest BCUT2D eigenvalue weighted by Crippen LogP contribution is 2.45. The summed E-state index contributed by atoms with van der Waals surface area (Å²) in [6.07, 6.45) is 0.684. The number of ether oxygens (including phenoxy) is 1. The molecule has 3 heterocycles. The van der Waals surface area contributed by atoms with Crippen molar-refractivity contribution in [2.24, 2.45) is 0 Å². The number of rotatable bonds is 6. The van der Waals surface area contributed by atoms with Crippen molar-refractivity contribution in [1.29, 1.82) is 0 Å². The molecule has 0 aliphatic carbocycles. The zero-order valence-corrected chi connectivity index (χ0v) is 19.7. The first-order chi connectivity index (χ1) is 17.7. The smallest absolute Gasteiger partial charge is 0.387 e. The van der Waals surface area contributed by atoms with Gasteiger partial charge in [0.2, 0.25) is 10.0 Å². The van der Waals surface area contributed by atoms with Crippen LogP contribution in [0.4, 0.5) is 41.3 Å². The van der Waals surface area contributed by atoms with E-state index in [1.54, 1.807) is 4.72 Å². The Morgan fingerprint density at radius 3 is 2.37 bits per heavy atom. The van der Waals surface area contributed by atoms with Crippen molar-refractivity contribution in [2.75, 3.05) is 24.2 Å². The minimum absolute atomic E-state index is 0.324. The summed E-state index contributed by atoms with van der Waals surface area (Å²) in [5.41, 5.74) is -1.84. The number of fused-ring (bicyclic) bond motifs is 2. The van der Waals surface area contributed by atoms with Crippen molar-refractivity contribution >= 4 is 32.8 Å². The Kier molecular flexibility index (Phi) is 5.97. The average Bonchev–Trinajstić information content (AvgIpc) is 3.39. The molecule has 9 nitrogen and oxygen atoms in total. The highest BCUT2D eigenvalue weighted by molar-refractivity contribution is 7.88. The summed E-state index contributed by atoms with van der Waals surface area (Å²) in [7, 11) is -4.04. The van der Waals surface area contributed by atoms with Crippen molar-refractivity contribution in [3.8, 4) is 16.9 Å². The highest BCUT2D eigenvalue weighted by Gasteiger charge is 2.63. The summed E-state index contributed by atoms with van der Waals surface area (Å²) in [6, 6.07) is -2.48. The molecule has 0 saturated carbocycles. The lowest BCUT2D eigenvalue weighted by atomic mass is 9.99. The van der Waals surface area contributed by atoms with Gasteiger partial charge >= 0.3 is 12.6 Å². The molecule has 0 radical (unpaired) electrons. The number of carbonyl (C=O) groups excluding carboxylic acids is 1. The Morgan fingerprint density at radius 1 is 1.13 bits per heavy atom. The maximum Gasteiger partial charge on any atom is 0.387 e. The van der Waals surface area contributed by atoms with Crippen molar-refractivity contribution in [3.05, 3.63) is 41.7 Å². The number of halogens is 7. The van der Waals surface area contributed by atoms with Gasteiger partial charge in [-0.25, -0.2) is 39.9 Å². The lowest BCUT2D eigenvalue weighted by Gasteiger charge is -2.23. The van der Waals surface area contributed by atoms with E-state index >= 15 is 8.78 Å². The van der Waals surface area contributed by atoms with E-state index in [2.05, 4.69) is 9.89 Å². The van der Waals surface area contributed by atoms with Gasteiger partial charge in [-0.05, 0) is 6.07 Å². The monoisotopic (exact) mass is 568 g/mol. The summed E-state index contributed by atoms with van der Waals surface area (Å²) < 4.78 is 133. The van der Waals surface area contributed by atoms with Crippen LogP contribution >= 0.6 is 0 Å². The van der Waals surface area contributed by atoms with E-state index in [1.807, 2.05) is 0 Å². The number of sulfonamides is 1. The molecular weight excluding hydrogens is 553 g/mol. The molecule has 0 unspecified atom stereocenters. The molecule has 3 aromatic rings. The first-order valence-electron chi connectivity index (χ1n) is 10.6. The second kappa shape index (κ2) is 8.72. The number of hydrogen-bond acceptors (Lipinski definition) is 6. The molecule has 204 valence electrons. The van der Waals surface area contributed by atoms with Crippen LogP contribution in [0.25, 0.3) is 22.1 Å². The van der Waals surface area contributed by atoms with Gasteiger partial charge in [0.05, 0.1) is 23.8 Å². The number of nitrogens with zero attached hydrogens (tertiary/aromatic N) is 3. The molecular formula is C21H15F7N4O5S. The third-order valence-electron chi connectivity index (χ3n) is 6.14. The number of aromatic nitrogens is 1. The second-order valence-electron chi connectivity index (χ2n) is 8.65. The van der Waals surface area contributed by atoms with Gasteiger partial charge in [0, 0.05) is 30.3 Å². The van der Waals surface area contributed by atoms with Crippen molar-refractivity contribution < 1.29 is 53.2 Å². The van der Waals surface area contributed by atoms with E-state index in [4.69, 9.17) is 4.52 Å². The number of hydrogen-bond donors (Lipinski definition) is 1. The Labute approximate surface area is 208 Å². The third kappa shape index (κ3) is 4.28. The molecule has 1 N–H and O–H groups in total. The molecule has 0 spiro atoms. The molecule has 38 heavy (non-hydrogen) atoms. The number of alkyl halides is 4. The summed E-state index contributed by atoms with van der Waals surface area (Å²) in [4.78, 5) is 14.5. The van der Waals surface area contributed by atoms with E-state index in [9.17, 15) is 35.2 Å². The highest BCUT2D eigenvalue weighted by atomic mass is 32.2. The standard InChI is InChI=1S/C21H15F7N4O5S/c1-38(34,35)30-14-6-31-15(21(14,27)28)7-32(20(31)33)18-17-10(16-11(23)2-8(22)3-12(16)24)4-9(36-19(25)26)5-13(17)37-29-18/h2-5,14-15,19,30H,6-7H2,1H3/t14-,15-/m1/s1. The maximum absolute atomic E-state index is 15.0. The van der Waals surface area contributed by atoms with Crippen LogP contribution in [0, 0.1) is 17.5 Å². The third-order valence-corrected chi connectivity index (χ3v) is 6.85. The zero-order chi connectivity index (χ0) is 27.7. The number of amides is 2. The average molecular weight is 568 g/mol. The van der Waals surface area contributed by atoms with Crippen molar-refractivity contribution in [1.82, 2.24) is 14.8 Å². The molecule has 2 amide bonds. The Hall–Kier alpha value is -3.60. The van der Waals surface area contributed by atoms with Gasteiger partial charge in [-0.3, -0.25) is 4.90 Å². The molecule has 2 aliphatic rings. The van der Waals surface area contributed by atoms with E-state index in [0.29, 0.717) is 23.3 Å². The molecule has 1 aromatic heterocycles. The number of nitrogens with one attached hydrogen (secondary N) is 1. The van der Waals surface area contributed by atoms with Gasteiger partial charge in [-0.1, -0.05) is 5.16 Å². The largest absolute Gasteiger partial charge is 0.435 e. The Bertz CT molecular complexity index is 1540. The number of benzene rings is 2. The van der Waals surface area contributed by atoms with Crippen LogP contribution in [-0.4, -0.2) is 68.5 Å².